The zero-order valence-corrected chi connectivity index (χ0v) is 13.3. The van der Waals surface area contributed by atoms with Gasteiger partial charge in [-0.15, -0.1) is 0 Å². The number of carbonyl (C=O) groups excluding carboxylic acids is 3. The van der Waals surface area contributed by atoms with E-state index in [1.54, 1.807) is 13.8 Å². The Hall–Kier alpha value is -1.59. The number of esters is 3. The third-order valence-electron chi connectivity index (χ3n) is 4.56. The molecule has 3 atom stereocenters. The molecule has 0 aromatic rings. The fourth-order valence-corrected chi connectivity index (χ4v) is 3.32. The van der Waals surface area contributed by atoms with Crippen molar-refractivity contribution in [1.29, 1.82) is 0 Å². The lowest BCUT2D eigenvalue weighted by molar-refractivity contribution is -0.159. The summed E-state index contributed by atoms with van der Waals surface area (Å²) in [5.74, 6) is -1.98. The number of hydrogen-bond acceptors (Lipinski definition) is 6. The topological polar surface area (TPSA) is 78.9 Å². The van der Waals surface area contributed by atoms with Crippen LogP contribution in [0.15, 0.2) is 0 Å². The highest BCUT2D eigenvalue weighted by Gasteiger charge is 2.52. The molecule has 0 heterocycles. The number of methoxy groups -OCH3 is 3. The summed E-state index contributed by atoms with van der Waals surface area (Å²) in [6.45, 7) is 3.53. The molecule has 1 aliphatic carbocycles. The van der Waals surface area contributed by atoms with Crippen molar-refractivity contribution in [2.45, 2.75) is 33.1 Å². The number of hydrogen-bond donors (Lipinski definition) is 0. The second-order valence-electron chi connectivity index (χ2n) is 5.99. The fourth-order valence-electron chi connectivity index (χ4n) is 3.32. The summed E-state index contributed by atoms with van der Waals surface area (Å²) in [6, 6.07) is 0. The standard InChI is InChI=1S/C15H24O6/c1-15(2,14(18)21-5)10-7-6-9(8-11(16)19-3)12(10)13(17)20-4/h9-10,12H,6-8H2,1-5H3/t9-,10+,12-/m1/s1. The van der Waals surface area contributed by atoms with Gasteiger partial charge >= 0.3 is 17.9 Å². The molecular formula is C15H24O6. The molecular weight excluding hydrogens is 276 g/mol. The number of rotatable bonds is 5. The van der Waals surface area contributed by atoms with E-state index in [1.807, 2.05) is 0 Å². The minimum Gasteiger partial charge on any atom is -0.469 e. The van der Waals surface area contributed by atoms with Crippen LogP contribution in [0.5, 0.6) is 0 Å². The van der Waals surface area contributed by atoms with E-state index in [-0.39, 0.29) is 36.2 Å². The van der Waals surface area contributed by atoms with Gasteiger partial charge in [0.25, 0.3) is 0 Å². The van der Waals surface area contributed by atoms with Crippen molar-refractivity contribution in [3.63, 3.8) is 0 Å². The van der Waals surface area contributed by atoms with Crippen molar-refractivity contribution < 1.29 is 28.6 Å². The lowest BCUT2D eigenvalue weighted by Gasteiger charge is -2.33. The zero-order chi connectivity index (χ0) is 16.2. The minimum atomic E-state index is -0.807. The van der Waals surface area contributed by atoms with Crippen LogP contribution >= 0.6 is 0 Å². The van der Waals surface area contributed by atoms with Gasteiger partial charge in [0, 0.05) is 6.42 Å². The van der Waals surface area contributed by atoms with Crippen molar-refractivity contribution in [2.24, 2.45) is 23.2 Å². The Kier molecular flexibility index (Phi) is 5.75. The van der Waals surface area contributed by atoms with E-state index in [9.17, 15) is 14.4 Å². The molecule has 0 saturated heterocycles. The van der Waals surface area contributed by atoms with Gasteiger partial charge in [0.05, 0.1) is 32.7 Å². The number of carbonyl (C=O) groups is 3. The zero-order valence-electron chi connectivity index (χ0n) is 13.3. The molecule has 0 aromatic carbocycles. The summed E-state index contributed by atoms with van der Waals surface area (Å²) in [6.07, 6.45) is 1.51. The smallest absolute Gasteiger partial charge is 0.311 e. The molecule has 0 bridgehead atoms. The van der Waals surface area contributed by atoms with Gasteiger partial charge < -0.3 is 14.2 Å². The summed E-state index contributed by atoms with van der Waals surface area (Å²) in [5, 5.41) is 0. The van der Waals surface area contributed by atoms with Crippen molar-refractivity contribution >= 4 is 17.9 Å². The second kappa shape index (κ2) is 6.91. The van der Waals surface area contributed by atoms with Crippen LogP contribution in [0.1, 0.15) is 33.1 Å². The average molecular weight is 300 g/mol. The monoisotopic (exact) mass is 300 g/mol. The van der Waals surface area contributed by atoms with Crippen LogP contribution in [0.4, 0.5) is 0 Å². The van der Waals surface area contributed by atoms with Gasteiger partial charge in [-0.05, 0) is 38.5 Å². The SMILES string of the molecule is COC(=O)C[C@H]1CC[C@H](C(C)(C)C(=O)OC)[C@@H]1C(=O)OC. The Morgan fingerprint density at radius 2 is 1.62 bits per heavy atom. The van der Waals surface area contributed by atoms with E-state index in [2.05, 4.69) is 4.74 Å². The van der Waals surface area contributed by atoms with Gasteiger partial charge in [0.2, 0.25) is 0 Å². The van der Waals surface area contributed by atoms with Gasteiger partial charge in [-0.1, -0.05) is 0 Å². The molecule has 0 amide bonds. The van der Waals surface area contributed by atoms with Crippen molar-refractivity contribution in [1.82, 2.24) is 0 Å². The minimum absolute atomic E-state index is 0.157. The predicted octanol–water partition coefficient (Wildman–Crippen LogP) is 1.56. The van der Waals surface area contributed by atoms with Crippen LogP contribution in [0.2, 0.25) is 0 Å². The van der Waals surface area contributed by atoms with E-state index < -0.39 is 11.3 Å². The van der Waals surface area contributed by atoms with E-state index >= 15 is 0 Å². The number of ether oxygens (including phenoxy) is 3. The van der Waals surface area contributed by atoms with Gasteiger partial charge in [-0.3, -0.25) is 14.4 Å². The first-order valence-corrected chi connectivity index (χ1v) is 7.02. The molecule has 0 aliphatic heterocycles. The van der Waals surface area contributed by atoms with Gasteiger partial charge in [-0.2, -0.15) is 0 Å². The van der Waals surface area contributed by atoms with Crippen LogP contribution in [0, 0.1) is 23.2 Å². The van der Waals surface area contributed by atoms with Gasteiger partial charge in [-0.25, -0.2) is 0 Å². The third-order valence-corrected chi connectivity index (χ3v) is 4.56. The Morgan fingerprint density at radius 3 is 2.10 bits per heavy atom. The van der Waals surface area contributed by atoms with E-state index in [1.165, 1.54) is 21.3 Å². The molecule has 6 nitrogen and oxygen atoms in total. The molecule has 0 spiro atoms. The Labute approximate surface area is 125 Å². The molecule has 21 heavy (non-hydrogen) atoms. The van der Waals surface area contributed by atoms with Gasteiger partial charge in [0.1, 0.15) is 0 Å². The molecule has 0 N–H and O–H groups in total. The summed E-state index contributed by atoms with van der Waals surface area (Å²) in [7, 11) is 3.97. The second-order valence-corrected chi connectivity index (χ2v) is 5.99. The maximum atomic E-state index is 12.1. The molecule has 1 rings (SSSR count). The maximum Gasteiger partial charge on any atom is 0.311 e. The summed E-state index contributed by atoms with van der Waals surface area (Å²) >= 11 is 0. The molecule has 1 fully saturated rings. The van der Waals surface area contributed by atoms with Crippen LogP contribution in [-0.4, -0.2) is 39.2 Å². The van der Waals surface area contributed by atoms with Crippen molar-refractivity contribution in [2.75, 3.05) is 21.3 Å². The van der Waals surface area contributed by atoms with Gasteiger partial charge in [0.15, 0.2) is 0 Å². The molecule has 0 aromatic heterocycles. The lowest BCUT2D eigenvalue weighted by Crippen LogP contribution is -2.40. The first kappa shape index (κ1) is 17.5. The highest BCUT2D eigenvalue weighted by Crippen LogP contribution is 2.49. The average Bonchev–Trinajstić information content (AvgIpc) is 2.89. The third kappa shape index (κ3) is 3.54. The van der Waals surface area contributed by atoms with Crippen LogP contribution in [0.25, 0.3) is 0 Å². The molecule has 1 saturated carbocycles. The lowest BCUT2D eigenvalue weighted by atomic mass is 9.71. The molecule has 1 aliphatic rings. The summed E-state index contributed by atoms with van der Waals surface area (Å²) in [4.78, 5) is 35.6. The van der Waals surface area contributed by atoms with E-state index in [0.717, 1.165) is 0 Å². The van der Waals surface area contributed by atoms with Crippen LogP contribution in [-0.2, 0) is 28.6 Å². The highest BCUT2D eigenvalue weighted by molar-refractivity contribution is 5.80. The van der Waals surface area contributed by atoms with Crippen molar-refractivity contribution in [3.05, 3.63) is 0 Å². The fraction of sp³-hybridized carbons (Fsp3) is 0.800. The first-order valence-electron chi connectivity index (χ1n) is 7.02. The Bertz CT molecular complexity index is 414. The summed E-state index contributed by atoms with van der Waals surface area (Å²) < 4.78 is 14.4. The largest absolute Gasteiger partial charge is 0.469 e. The maximum absolute atomic E-state index is 12.1. The quantitative estimate of drug-likeness (QED) is 0.566. The molecule has 120 valence electrons. The van der Waals surface area contributed by atoms with E-state index in [0.29, 0.717) is 12.8 Å². The first-order chi connectivity index (χ1) is 9.79. The molecule has 6 heteroatoms. The van der Waals surface area contributed by atoms with Crippen LogP contribution < -0.4 is 0 Å². The van der Waals surface area contributed by atoms with Crippen LogP contribution in [0.3, 0.4) is 0 Å². The van der Waals surface area contributed by atoms with Crippen molar-refractivity contribution in [3.8, 4) is 0 Å². The molecule has 0 radical (unpaired) electrons. The highest BCUT2D eigenvalue weighted by atomic mass is 16.5. The molecule has 0 unspecified atom stereocenters. The Morgan fingerprint density at radius 1 is 1.00 bits per heavy atom. The van der Waals surface area contributed by atoms with E-state index in [4.69, 9.17) is 9.47 Å². The Balaban J connectivity index is 3.02. The normalized spacial score (nSPS) is 25.3. The summed E-state index contributed by atoms with van der Waals surface area (Å²) in [5.41, 5.74) is -0.807. The predicted molar refractivity (Wildman–Crippen MR) is 74.2 cm³/mol.